The first-order valence-corrected chi connectivity index (χ1v) is 11.1. The van der Waals surface area contributed by atoms with Crippen LogP contribution in [0, 0.1) is 11.8 Å². The zero-order chi connectivity index (χ0) is 18.5. The Morgan fingerprint density at radius 3 is 2.63 bits per heavy atom. The van der Waals surface area contributed by atoms with Gasteiger partial charge in [-0.15, -0.1) is 0 Å². The summed E-state index contributed by atoms with van der Waals surface area (Å²) >= 11 is 0. The maximum absolute atomic E-state index is 14.3. The van der Waals surface area contributed by atoms with Crippen LogP contribution in [0.5, 0.6) is 0 Å². The Labute approximate surface area is 161 Å². The minimum atomic E-state index is -0.667. The Bertz CT molecular complexity index is 534. The Morgan fingerprint density at radius 1 is 1.11 bits per heavy atom. The number of halogens is 1. The van der Waals surface area contributed by atoms with Crippen LogP contribution in [0.4, 0.5) is 4.39 Å². The third-order valence-corrected chi connectivity index (χ3v) is 7.78. The zero-order valence-electron chi connectivity index (χ0n) is 16.4. The van der Waals surface area contributed by atoms with E-state index in [1.807, 2.05) is 0 Å². The van der Waals surface area contributed by atoms with E-state index in [1.165, 1.54) is 25.7 Å². The molecular formula is C20H35FN4O2. The molecule has 27 heavy (non-hydrogen) atoms. The molecule has 0 aromatic carbocycles. The van der Waals surface area contributed by atoms with E-state index in [1.54, 1.807) is 0 Å². The van der Waals surface area contributed by atoms with E-state index in [9.17, 15) is 9.50 Å². The van der Waals surface area contributed by atoms with Crippen LogP contribution in [-0.2, 0) is 4.74 Å². The van der Waals surface area contributed by atoms with Crippen molar-refractivity contribution in [2.24, 2.45) is 11.8 Å². The predicted octanol–water partition coefficient (Wildman–Crippen LogP) is 1.21. The van der Waals surface area contributed by atoms with Crippen LogP contribution in [0.3, 0.4) is 0 Å². The molecular weight excluding hydrogens is 347 g/mol. The molecule has 0 aromatic heterocycles. The van der Waals surface area contributed by atoms with Crippen molar-refractivity contribution in [1.82, 2.24) is 20.7 Å². The van der Waals surface area contributed by atoms with Gasteiger partial charge in [-0.1, -0.05) is 12.8 Å². The minimum Gasteiger partial charge on any atom is -0.366 e. The first kappa shape index (κ1) is 18.7. The largest absolute Gasteiger partial charge is 0.366 e. The van der Waals surface area contributed by atoms with Crippen LogP contribution < -0.4 is 10.7 Å². The standard InChI is InChI=1S/C20H35FN4O2/c1-24-9-8-14(18-20(26)27-18)16(11-24)22-19-15-10-12(21)6-7-17(15)25(23-19)13-4-2-3-5-13/h12-20,22-23,26H,2-11H2,1H3. The number of epoxide rings is 1. The number of nitrogens with zero attached hydrogens (tertiary/aromatic N) is 2. The third kappa shape index (κ3) is 3.67. The fourth-order valence-electron chi connectivity index (χ4n) is 6.27. The third-order valence-electron chi connectivity index (χ3n) is 7.78. The lowest BCUT2D eigenvalue weighted by atomic mass is 9.81. The van der Waals surface area contributed by atoms with Gasteiger partial charge < -0.3 is 14.7 Å². The highest BCUT2D eigenvalue weighted by Gasteiger charge is 2.52. The number of alkyl halides is 1. The molecule has 0 bridgehead atoms. The lowest BCUT2D eigenvalue weighted by Crippen LogP contribution is -2.59. The SMILES string of the molecule is CN1CCC(C2OC2O)C(NC2NN(C3CCCC3)C3CCC(F)CC23)C1. The molecule has 2 saturated carbocycles. The average molecular weight is 383 g/mol. The lowest BCUT2D eigenvalue weighted by molar-refractivity contribution is 0.0727. The molecule has 5 fully saturated rings. The molecule has 0 spiro atoms. The van der Waals surface area contributed by atoms with Crippen molar-refractivity contribution in [3.63, 3.8) is 0 Å². The van der Waals surface area contributed by atoms with Gasteiger partial charge in [0.15, 0.2) is 6.29 Å². The number of rotatable bonds is 4. The van der Waals surface area contributed by atoms with E-state index >= 15 is 0 Å². The molecule has 8 unspecified atom stereocenters. The van der Waals surface area contributed by atoms with E-state index in [-0.39, 0.29) is 18.3 Å². The van der Waals surface area contributed by atoms with Crippen LogP contribution in [-0.4, -0.2) is 78.0 Å². The first-order chi connectivity index (χ1) is 13.1. The maximum Gasteiger partial charge on any atom is 0.182 e. The van der Waals surface area contributed by atoms with E-state index in [0.29, 0.717) is 36.8 Å². The second-order valence-electron chi connectivity index (χ2n) is 9.57. The molecule has 6 nitrogen and oxygen atoms in total. The number of likely N-dealkylation sites (tertiary alicyclic amines) is 1. The molecule has 154 valence electrons. The summed E-state index contributed by atoms with van der Waals surface area (Å²) in [6.45, 7) is 2.00. The van der Waals surface area contributed by atoms with Gasteiger partial charge in [-0.2, -0.15) is 0 Å². The van der Waals surface area contributed by atoms with E-state index in [0.717, 1.165) is 25.9 Å². The van der Waals surface area contributed by atoms with Crippen molar-refractivity contribution >= 4 is 0 Å². The Hall–Kier alpha value is -0.310. The van der Waals surface area contributed by atoms with Crippen LogP contribution in [0.2, 0.25) is 0 Å². The number of nitrogens with one attached hydrogen (secondary N) is 2. The van der Waals surface area contributed by atoms with Gasteiger partial charge in [0.25, 0.3) is 0 Å². The number of fused-ring (bicyclic) bond motifs is 1. The van der Waals surface area contributed by atoms with Gasteiger partial charge in [-0.25, -0.2) is 14.8 Å². The number of aliphatic hydroxyl groups excluding tert-OH is 1. The number of likely N-dealkylation sites (N-methyl/N-ethyl adjacent to an activating group) is 1. The van der Waals surface area contributed by atoms with Crippen molar-refractivity contribution in [1.29, 1.82) is 0 Å². The van der Waals surface area contributed by atoms with Crippen LogP contribution in [0.15, 0.2) is 0 Å². The Balaban J connectivity index is 1.31. The first-order valence-electron chi connectivity index (χ1n) is 11.1. The van der Waals surface area contributed by atoms with Crippen molar-refractivity contribution in [2.45, 2.75) is 94.2 Å². The summed E-state index contributed by atoms with van der Waals surface area (Å²) in [7, 11) is 2.16. The number of piperidine rings is 1. The molecule has 5 rings (SSSR count). The van der Waals surface area contributed by atoms with Crippen molar-refractivity contribution in [3.8, 4) is 0 Å². The summed E-state index contributed by atoms with van der Waals surface area (Å²) in [5.74, 6) is 0.661. The summed E-state index contributed by atoms with van der Waals surface area (Å²) in [6, 6.07) is 1.34. The molecule has 2 aliphatic carbocycles. The number of ether oxygens (including phenoxy) is 1. The summed E-state index contributed by atoms with van der Waals surface area (Å²) < 4.78 is 19.7. The Morgan fingerprint density at radius 2 is 1.89 bits per heavy atom. The summed E-state index contributed by atoms with van der Waals surface area (Å²) in [6.07, 6.45) is 7.37. The van der Waals surface area contributed by atoms with Gasteiger partial charge in [0.05, 0.1) is 6.17 Å². The summed E-state index contributed by atoms with van der Waals surface area (Å²) in [5, 5.41) is 16.2. The monoisotopic (exact) mass is 382 g/mol. The molecule has 7 heteroatoms. The fourth-order valence-corrected chi connectivity index (χ4v) is 6.27. The van der Waals surface area contributed by atoms with Gasteiger partial charge in [0.2, 0.25) is 0 Å². The molecule has 3 N–H and O–H groups in total. The zero-order valence-corrected chi connectivity index (χ0v) is 16.4. The highest BCUT2D eigenvalue weighted by Crippen LogP contribution is 2.40. The van der Waals surface area contributed by atoms with E-state index in [2.05, 4.69) is 27.7 Å². The minimum absolute atomic E-state index is 0.0281. The summed E-state index contributed by atoms with van der Waals surface area (Å²) in [4.78, 5) is 2.35. The van der Waals surface area contributed by atoms with E-state index < -0.39 is 12.5 Å². The smallest absolute Gasteiger partial charge is 0.182 e. The second-order valence-corrected chi connectivity index (χ2v) is 9.57. The van der Waals surface area contributed by atoms with Crippen LogP contribution in [0.25, 0.3) is 0 Å². The van der Waals surface area contributed by atoms with Crippen molar-refractivity contribution in [2.75, 3.05) is 20.1 Å². The number of hydrogen-bond acceptors (Lipinski definition) is 6. The number of hydrazine groups is 1. The highest BCUT2D eigenvalue weighted by atomic mass is 19.1. The highest BCUT2D eigenvalue weighted by molar-refractivity contribution is 5.02. The second kappa shape index (κ2) is 7.50. The molecule has 3 heterocycles. The maximum atomic E-state index is 14.3. The molecule has 0 radical (unpaired) electrons. The number of aliphatic hydroxyl groups is 1. The molecule has 3 saturated heterocycles. The lowest BCUT2D eigenvalue weighted by Gasteiger charge is -2.39. The molecule has 5 aliphatic rings. The van der Waals surface area contributed by atoms with Gasteiger partial charge in [0, 0.05) is 36.5 Å². The number of hydrogen-bond donors (Lipinski definition) is 3. The normalized spacial score (nSPS) is 49.4. The molecule has 8 atom stereocenters. The van der Waals surface area contributed by atoms with Crippen molar-refractivity contribution in [3.05, 3.63) is 0 Å². The average Bonchev–Trinajstić information content (AvgIpc) is 3.05. The molecule has 0 aromatic rings. The topological polar surface area (TPSA) is 63.3 Å². The Kier molecular flexibility index (Phi) is 5.20. The van der Waals surface area contributed by atoms with Gasteiger partial charge in [0.1, 0.15) is 12.3 Å². The van der Waals surface area contributed by atoms with Crippen molar-refractivity contribution < 1.29 is 14.2 Å². The van der Waals surface area contributed by atoms with E-state index in [4.69, 9.17) is 4.74 Å². The predicted molar refractivity (Wildman–Crippen MR) is 100 cm³/mol. The van der Waals surface area contributed by atoms with Gasteiger partial charge in [-0.05, 0) is 52.1 Å². The van der Waals surface area contributed by atoms with Gasteiger partial charge >= 0.3 is 0 Å². The fraction of sp³-hybridized carbons (Fsp3) is 1.00. The summed E-state index contributed by atoms with van der Waals surface area (Å²) in [5.41, 5.74) is 3.78. The van der Waals surface area contributed by atoms with Crippen LogP contribution in [0.1, 0.15) is 51.4 Å². The molecule has 0 amide bonds. The van der Waals surface area contributed by atoms with Gasteiger partial charge in [-0.3, -0.25) is 5.32 Å². The molecule has 3 aliphatic heterocycles. The quantitative estimate of drug-likeness (QED) is 0.636. The van der Waals surface area contributed by atoms with Crippen LogP contribution >= 0.6 is 0 Å².